The summed E-state index contributed by atoms with van der Waals surface area (Å²) in [5.41, 5.74) is 0. The molecule has 1 unspecified atom stereocenters. The van der Waals surface area contributed by atoms with Gasteiger partial charge in [0.2, 0.25) is 0 Å². The standard InChI is InChI=1S/C13H29O2PS/c1-4-6-8-10-12-15-16(3,14)17-13-11-9-7-5-2/h4-13H2,1-3H3. The van der Waals surface area contributed by atoms with E-state index in [0.717, 1.165) is 18.6 Å². The Morgan fingerprint density at radius 2 is 1.53 bits per heavy atom. The zero-order chi connectivity index (χ0) is 13.0. The minimum Gasteiger partial charge on any atom is -0.321 e. The molecule has 0 saturated carbocycles. The average Bonchev–Trinajstić information content (AvgIpc) is 2.28. The summed E-state index contributed by atoms with van der Waals surface area (Å²) in [4.78, 5) is 0. The van der Waals surface area contributed by atoms with Gasteiger partial charge in [0, 0.05) is 12.4 Å². The van der Waals surface area contributed by atoms with Crippen molar-refractivity contribution in [3.05, 3.63) is 0 Å². The fraction of sp³-hybridized carbons (Fsp3) is 1.00. The van der Waals surface area contributed by atoms with Crippen molar-refractivity contribution >= 4 is 18.0 Å². The van der Waals surface area contributed by atoms with Crippen LogP contribution in [0.2, 0.25) is 0 Å². The highest BCUT2D eigenvalue weighted by Gasteiger charge is 2.15. The molecule has 0 aromatic rings. The van der Waals surface area contributed by atoms with Crippen molar-refractivity contribution < 1.29 is 9.09 Å². The Bertz CT molecular complexity index is 192. The lowest BCUT2D eigenvalue weighted by Crippen LogP contribution is -1.91. The molecule has 0 heterocycles. The number of hydrogen-bond acceptors (Lipinski definition) is 3. The molecule has 0 bridgehead atoms. The second-order valence-corrected chi connectivity index (χ2v) is 9.79. The predicted octanol–water partition coefficient (Wildman–Crippen LogP) is 5.72. The van der Waals surface area contributed by atoms with Crippen LogP contribution in [0.1, 0.15) is 65.2 Å². The molecule has 2 nitrogen and oxygen atoms in total. The SMILES string of the molecule is CCCCCCOP(C)(=O)SCCCCCC. The van der Waals surface area contributed by atoms with Gasteiger partial charge in [-0.05, 0) is 12.8 Å². The molecular formula is C13H29O2PS. The first-order chi connectivity index (χ1) is 8.12. The van der Waals surface area contributed by atoms with Crippen LogP contribution < -0.4 is 0 Å². The van der Waals surface area contributed by atoms with Crippen LogP contribution >= 0.6 is 18.0 Å². The van der Waals surface area contributed by atoms with E-state index in [2.05, 4.69) is 13.8 Å². The summed E-state index contributed by atoms with van der Waals surface area (Å²) in [5, 5.41) is 0. The third-order valence-corrected chi connectivity index (χ3v) is 6.51. The molecule has 0 aliphatic heterocycles. The zero-order valence-electron chi connectivity index (χ0n) is 11.7. The summed E-state index contributed by atoms with van der Waals surface area (Å²) >= 11 is 1.53. The van der Waals surface area contributed by atoms with E-state index in [1.165, 1.54) is 49.9 Å². The quantitative estimate of drug-likeness (QED) is 0.338. The molecule has 0 aliphatic rings. The van der Waals surface area contributed by atoms with Gasteiger partial charge in [-0.1, -0.05) is 63.8 Å². The summed E-state index contributed by atoms with van der Waals surface area (Å²) in [7, 11) is 0. The van der Waals surface area contributed by atoms with Crippen LogP contribution in [-0.2, 0) is 9.09 Å². The fourth-order valence-electron chi connectivity index (χ4n) is 1.56. The van der Waals surface area contributed by atoms with Gasteiger partial charge >= 0.3 is 0 Å². The maximum atomic E-state index is 12.0. The van der Waals surface area contributed by atoms with E-state index >= 15 is 0 Å². The summed E-state index contributed by atoms with van der Waals surface area (Å²) in [6.07, 6.45) is 9.67. The molecule has 0 amide bonds. The normalized spacial score (nSPS) is 14.8. The fourth-order valence-corrected chi connectivity index (χ4v) is 4.59. The smallest absolute Gasteiger partial charge is 0.254 e. The molecule has 0 N–H and O–H groups in total. The van der Waals surface area contributed by atoms with Crippen LogP contribution in [0, 0.1) is 0 Å². The Balaban J connectivity index is 3.42. The maximum Gasteiger partial charge on any atom is 0.254 e. The van der Waals surface area contributed by atoms with Crippen molar-refractivity contribution in [1.29, 1.82) is 0 Å². The Labute approximate surface area is 111 Å². The summed E-state index contributed by atoms with van der Waals surface area (Å²) < 4.78 is 17.5. The number of unbranched alkanes of at least 4 members (excludes halogenated alkanes) is 6. The van der Waals surface area contributed by atoms with Gasteiger partial charge in [-0.2, -0.15) is 0 Å². The third-order valence-electron chi connectivity index (χ3n) is 2.65. The highest BCUT2D eigenvalue weighted by molar-refractivity contribution is 8.56. The maximum absolute atomic E-state index is 12.0. The van der Waals surface area contributed by atoms with Gasteiger partial charge in [0.25, 0.3) is 6.57 Å². The van der Waals surface area contributed by atoms with Gasteiger partial charge in [0.05, 0.1) is 6.61 Å². The molecule has 104 valence electrons. The first-order valence-electron chi connectivity index (χ1n) is 6.99. The second-order valence-electron chi connectivity index (χ2n) is 4.56. The molecule has 17 heavy (non-hydrogen) atoms. The van der Waals surface area contributed by atoms with E-state index < -0.39 is 6.57 Å². The molecule has 0 fully saturated rings. The van der Waals surface area contributed by atoms with Gasteiger partial charge in [-0.25, -0.2) is 0 Å². The first kappa shape index (κ1) is 17.5. The van der Waals surface area contributed by atoms with Crippen molar-refractivity contribution in [3.63, 3.8) is 0 Å². The molecule has 1 atom stereocenters. The van der Waals surface area contributed by atoms with Gasteiger partial charge in [0.15, 0.2) is 0 Å². The van der Waals surface area contributed by atoms with E-state index in [4.69, 9.17) is 4.52 Å². The van der Waals surface area contributed by atoms with E-state index in [0.29, 0.717) is 6.61 Å². The molecule has 0 saturated heterocycles. The van der Waals surface area contributed by atoms with Crippen LogP contribution in [0.15, 0.2) is 0 Å². The summed E-state index contributed by atoms with van der Waals surface area (Å²) in [5.74, 6) is 0.975. The molecule has 0 aromatic heterocycles. The highest BCUT2D eigenvalue weighted by Crippen LogP contribution is 2.56. The Morgan fingerprint density at radius 3 is 2.12 bits per heavy atom. The van der Waals surface area contributed by atoms with Crippen molar-refractivity contribution in [2.75, 3.05) is 19.0 Å². The van der Waals surface area contributed by atoms with Crippen LogP contribution in [-0.4, -0.2) is 19.0 Å². The minimum absolute atomic E-state index is 0.662. The molecule has 0 aromatic carbocycles. The number of rotatable bonds is 12. The van der Waals surface area contributed by atoms with E-state index in [1.807, 2.05) is 0 Å². The molecule has 0 aliphatic carbocycles. The molecule has 0 rings (SSSR count). The molecular weight excluding hydrogens is 251 g/mol. The summed E-state index contributed by atoms with van der Waals surface area (Å²) in [6, 6.07) is 0. The van der Waals surface area contributed by atoms with Gasteiger partial charge in [-0.15, -0.1) is 0 Å². The largest absolute Gasteiger partial charge is 0.321 e. The lowest BCUT2D eigenvalue weighted by Gasteiger charge is -2.12. The Hall–Kier alpha value is 0.540. The zero-order valence-corrected chi connectivity index (χ0v) is 13.5. The van der Waals surface area contributed by atoms with Crippen LogP contribution in [0.4, 0.5) is 0 Å². The number of hydrogen-bond donors (Lipinski definition) is 0. The van der Waals surface area contributed by atoms with E-state index in [1.54, 1.807) is 6.66 Å². The Morgan fingerprint density at radius 1 is 0.941 bits per heavy atom. The van der Waals surface area contributed by atoms with Gasteiger partial charge in [0.1, 0.15) is 0 Å². The molecule has 0 radical (unpaired) electrons. The topological polar surface area (TPSA) is 26.3 Å². The van der Waals surface area contributed by atoms with Crippen molar-refractivity contribution in [2.45, 2.75) is 65.2 Å². The van der Waals surface area contributed by atoms with Crippen molar-refractivity contribution in [3.8, 4) is 0 Å². The van der Waals surface area contributed by atoms with Gasteiger partial charge < -0.3 is 4.52 Å². The highest BCUT2D eigenvalue weighted by atomic mass is 32.7. The lowest BCUT2D eigenvalue weighted by atomic mass is 10.2. The predicted molar refractivity (Wildman–Crippen MR) is 80.2 cm³/mol. The van der Waals surface area contributed by atoms with Crippen LogP contribution in [0.25, 0.3) is 0 Å². The first-order valence-corrected chi connectivity index (χ1v) is 10.6. The van der Waals surface area contributed by atoms with E-state index in [-0.39, 0.29) is 0 Å². The van der Waals surface area contributed by atoms with Crippen molar-refractivity contribution in [2.24, 2.45) is 0 Å². The monoisotopic (exact) mass is 280 g/mol. The summed E-state index contributed by atoms with van der Waals surface area (Å²) in [6.45, 7) is 4.45. The molecule has 0 spiro atoms. The second kappa shape index (κ2) is 11.6. The Kier molecular flexibility index (Phi) is 12.0. The van der Waals surface area contributed by atoms with Crippen molar-refractivity contribution in [1.82, 2.24) is 0 Å². The van der Waals surface area contributed by atoms with E-state index in [9.17, 15) is 4.57 Å². The minimum atomic E-state index is -2.37. The third kappa shape index (κ3) is 12.8. The van der Waals surface area contributed by atoms with Crippen LogP contribution in [0.5, 0.6) is 0 Å². The average molecular weight is 280 g/mol. The van der Waals surface area contributed by atoms with Crippen LogP contribution in [0.3, 0.4) is 0 Å². The lowest BCUT2D eigenvalue weighted by molar-refractivity contribution is 0.316. The van der Waals surface area contributed by atoms with Gasteiger partial charge in [-0.3, -0.25) is 4.57 Å². The molecule has 4 heteroatoms.